The summed E-state index contributed by atoms with van der Waals surface area (Å²) in [5.41, 5.74) is 1.72. The molecule has 1 saturated carbocycles. The molecular weight excluding hydrogens is 507 g/mol. The third-order valence-corrected chi connectivity index (χ3v) is 7.36. The number of hydrogen-bond donors (Lipinski definition) is 1. The Kier molecular flexibility index (Phi) is 6.47. The van der Waals surface area contributed by atoms with E-state index in [2.05, 4.69) is 31.6 Å². The van der Waals surface area contributed by atoms with E-state index >= 15 is 0 Å². The molecule has 1 aliphatic carbocycles. The van der Waals surface area contributed by atoms with Crippen molar-refractivity contribution in [3.05, 3.63) is 66.1 Å². The predicted molar refractivity (Wildman–Crippen MR) is 129 cm³/mol. The van der Waals surface area contributed by atoms with Gasteiger partial charge in [0.05, 0.1) is 30.5 Å². The molecule has 2 atom stereocenters. The SMILES string of the molecule is COc1ncc(-c2ccn3ncc(C#CC4CCCC4F)c3n2)cc1NS(=O)(=O)c1ccc(F)cc1F. The Morgan fingerprint density at radius 1 is 1.16 bits per heavy atom. The smallest absolute Gasteiger partial charge is 0.264 e. The average molecular weight is 528 g/mol. The lowest BCUT2D eigenvalue weighted by Crippen LogP contribution is -2.16. The minimum atomic E-state index is -4.44. The van der Waals surface area contributed by atoms with Gasteiger partial charge in [-0.05, 0) is 43.5 Å². The summed E-state index contributed by atoms with van der Waals surface area (Å²) in [5, 5.41) is 4.23. The number of rotatable bonds is 5. The number of pyridine rings is 1. The molecule has 3 aromatic heterocycles. The second kappa shape index (κ2) is 9.74. The van der Waals surface area contributed by atoms with Gasteiger partial charge in [-0.2, -0.15) is 5.10 Å². The van der Waals surface area contributed by atoms with Crippen molar-refractivity contribution in [2.45, 2.75) is 30.3 Å². The fourth-order valence-corrected chi connectivity index (χ4v) is 5.20. The summed E-state index contributed by atoms with van der Waals surface area (Å²) in [6.45, 7) is 0. The van der Waals surface area contributed by atoms with Gasteiger partial charge in [-0.25, -0.2) is 36.1 Å². The lowest BCUT2D eigenvalue weighted by atomic mass is 10.1. The van der Waals surface area contributed by atoms with Crippen LogP contribution in [0.15, 0.2) is 53.8 Å². The summed E-state index contributed by atoms with van der Waals surface area (Å²) in [6.07, 6.45) is 5.73. The highest BCUT2D eigenvalue weighted by Crippen LogP contribution is 2.31. The molecule has 0 radical (unpaired) electrons. The second-order valence-electron chi connectivity index (χ2n) is 8.42. The van der Waals surface area contributed by atoms with Crippen LogP contribution in [0.2, 0.25) is 0 Å². The number of hydrogen-bond acceptors (Lipinski definition) is 6. The van der Waals surface area contributed by atoms with Gasteiger partial charge in [0, 0.05) is 24.0 Å². The highest BCUT2D eigenvalue weighted by molar-refractivity contribution is 7.92. The molecule has 5 rings (SSSR count). The Bertz CT molecular complexity index is 1660. The number of alkyl halides is 1. The molecule has 8 nitrogen and oxygen atoms in total. The number of nitrogens with one attached hydrogen (secondary N) is 1. The molecule has 2 unspecified atom stereocenters. The molecule has 0 bridgehead atoms. The maximum absolute atomic E-state index is 14.2. The van der Waals surface area contributed by atoms with E-state index in [-0.39, 0.29) is 17.5 Å². The van der Waals surface area contributed by atoms with Crippen LogP contribution < -0.4 is 9.46 Å². The summed E-state index contributed by atoms with van der Waals surface area (Å²) in [6, 6.07) is 5.22. The average Bonchev–Trinajstić information content (AvgIpc) is 3.47. The van der Waals surface area contributed by atoms with E-state index in [4.69, 9.17) is 4.74 Å². The maximum Gasteiger partial charge on any atom is 0.264 e. The number of methoxy groups -OCH3 is 1. The standard InChI is InChI=1S/C25H20F3N5O3S/c1-36-25-22(32-37(34,35)23-8-7-18(26)12-20(23)28)11-17(13-29-25)21-9-10-33-24(31-21)16(14-30-33)6-5-15-3-2-4-19(15)27/h7-15,19,32H,2-4H2,1H3. The number of ether oxygens (including phenoxy) is 1. The summed E-state index contributed by atoms with van der Waals surface area (Å²) < 4.78 is 75.9. The molecule has 12 heteroatoms. The summed E-state index contributed by atoms with van der Waals surface area (Å²) >= 11 is 0. The first-order valence-electron chi connectivity index (χ1n) is 11.3. The van der Waals surface area contributed by atoms with Crippen molar-refractivity contribution in [2.24, 2.45) is 5.92 Å². The molecule has 0 spiro atoms. The molecule has 0 saturated heterocycles. The van der Waals surface area contributed by atoms with Gasteiger partial charge in [-0.15, -0.1) is 0 Å². The fraction of sp³-hybridized carbons (Fsp3) is 0.240. The van der Waals surface area contributed by atoms with Gasteiger partial charge in [0.25, 0.3) is 10.0 Å². The van der Waals surface area contributed by atoms with Crippen molar-refractivity contribution in [1.29, 1.82) is 0 Å². The van der Waals surface area contributed by atoms with Crippen LogP contribution in [-0.4, -0.2) is 41.3 Å². The quantitative estimate of drug-likeness (QED) is 0.387. The molecule has 1 N–H and O–H groups in total. The molecular formula is C25H20F3N5O3S. The van der Waals surface area contributed by atoms with E-state index in [0.29, 0.717) is 41.4 Å². The van der Waals surface area contributed by atoms with Crippen LogP contribution in [0.25, 0.3) is 16.9 Å². The first kappa shape index (κ1) is 24.6. The number of aromatic nitrogens is 4. The lowest BCUT2D eigenvalue weighted by molar-refractivity contribution is 0.303. The molecule has 3 heterocycles. The van der Waals surface area contributed by atoms with Crippen molar-refractivity contribution in [2.75, 3.05) is 11.8 Å². The largest absolute Gasteiger partial charge is 0.480 e. The van der Waals surface area contributed by atoms with Gasteiger partial charge in [0.2, 0.25) is 5.88 Å². The van der Waals surface area contributed by atoms with Crippen LogP contribution >= 0.6 is 0 Å². The van der Waals surface area contributed by atoms with Crippen molar-refractivity contribution in [3.8, 4) is 29.0 Å². The Balaban J connectivity index is 1.50. The fourth-order valence-electron chi connectivity index (χ4n) is 4.09. The number of sulfonamides is 1. The van der Waals surface area contributed by atoms with Crippen LogP contribution in [0.4, 0.5) is 18.9 Å². The van der Waals surface area contributed by atoms with E-state index in [1.165, 1.54) is 23.9 Å². The number of fused-ring (bicyclic) bond motifs is 1. The van der Waals surface area contributed by atoms with Gasteiger partial charge in [0.15, 0.2) is 5.65 Å². The van der Waals surface area contributed by atoms with Crippen molar-refractivity contribution < 1.29 is 26.3 Å². The van der Waals surface area contributed by atoms with E-state index in [1.54, 1.807) is 18.5 Å². The Morgan fingerprint density at radius 3 is 2.73 bits per heavy atom. The molecule has 4 aromatic rings. The zero-order chi connectivity index (χ0) is 26.2. The van der Waals surface area contributed by atoms with Crippen molar-refractivity contribution in [3.63, 3.8) is 0 Å². The van der Waals surface area contributed by atoms with Crippen LogP contribution in [0, 0.1) is 29.4 Å². The second-order valence-corrected chi connectivity index (χ2v) is 10.1. The van der Waals surface area contributed by atoms with Crippen LogP contribution in [-0.2, 0) is 10.0 Å². The van der Waals surface area contributed by atoms with Crippen LogP contribution in [0.3, 0.4) is 0 Å². The van der Waals surface area contributed by atoms with Gasteiger partial charge < -0.3 is 4.74 Å². The lowest BCUT2D eigenvalue weighted by Gasteiger charge is -2.13. The van der Waals surface area contributed by atoms with E-state index in [0.717, 1.165) is 18.6 Å². The first-order valence-corrected chi connectivity index (χ1v) is 12.8. The minimum absolute atomic E-state index is 0.0656. The van der Waals surface area contributed by atoms with Gasteiger partial charge in [-0.1, -0.05) is 11.8 Å². The molecule has 1 fully saturated rings. The monoisotopic (exact) mass is 527 g/mol. The van der Waals surface area contributed by atoms with Crippen LogP contribution in [0.5, 0.6) is 5.88 Å². The molecule has 37 heavy (non-hydrogen) atoms. The normalized spacial score (nSPS) is 17.4. The first-order chi connectivity index (χ1) is 17.7. The van der Waals surface area contributed by atoms with Gasteiger partial charge >= 0.3 is 0 Å². The Morgan fingerprint density at radius 2 is 2.00 bits per heavy atom. The number of nitrogens with zero attached hydrogens (tertiary/aromatic N) is 4. The third-order valence-electron chi connectivity index (χ3n) is 5.96. The minimum Gasteiger partial charge on any atom is -0.480 e. The van der Waals surface area contributed by atoms with Gasteiger partial charge in [-0.3, -0.25) is 4.72 Å². The Labute approximate surface area is 210 Å². The molecule has 1 aromatic carbocycles. The summed E-state index contributed by atoms with van der Waals surface area (Å²) in [4.78, 5) is 7.99. The maximum atomic E-state index is 14.2. The van der Waals surface area contributed by atoms with E-state index in [9.17, 15) is 21.6 Å². The molecule has 0 amide bonds. The van der Waals surface area contributed by atoms with E-state index in [1.807, 2.05) is 0 Å². The number of benzene rings is 1. The summed E-state index contributed by atoms with van der Waals surface area (Å²) in [7, 11) is -3.14. The molecule has 190 valence electrons. The third kappa shape index (κ3) is 4.95. The van der Waals surface area contributed by atoms with Crippen LogP contribution in [0.1, 0.15) is 24.8 Å². The highest BCUT2D eigenvalue weighted by Gasteiger charge is 2.25. The number of halogens is 3. The van der Waals surface area contributed by atoms with Gasteiger partial charge in [0.1, 0.15) is 28.4 Å². The van der Waals surface area contributed by atoms with E-state index < -0.39 is 32.7 Å². The Hall–Kier alpha value is -4.11. The van der Waals surface area contributed by atoms with Crippen molar-refractivity contribution in [1.82, 2.24) is 19.6 Å². The topological polar surface area (TPSA) is 98.5 Å². The summed E-state index contributed by atoms with van der Waals surface area (Å²) in [5.74, 6) is 3.43. The zero-order valence-corrected chi connectivity index (χ0v) is 20.3. The molecule has 1 aliphatic rings. The number of anilines is 1. The predicted octanol–water partition coefficient (Wildman–Crippen LogP) is 4.37. The zero-order valence-electron chi connectivity index (χ0n) is 19.5. The molecule has 0 aliphatic heterocycles. The van der Waals surface area contributed by atoms with Crippen molar-refractivity contribution >= 4 is 21.4 Å². The highest BCUT2D eigenvalue weighted by atomic mass is 32.2.